The first kappa shape index (κ1) is 22.0. The third-order valence-electron chi connectivity index (χ3n) is 5.04. The molecule has 2 fully saturated rings. The van der Waals surface area contributed by atoms with E-state index in [9.17, 15) is 4.79 Å². The molecule has 142 valence electrons. The summed E-state index contributed by atoms with van der Waals surface area (Å²) < 4.78 is 5.43. The standard InChI is InChI=1S/C18H27N3O2.2ClH/c19-17-4-2-1-3-15(17)5-6-18(22)21-11-9-20(10-12-21)16-7-13-23-14-8-16;;/h1-4,16H,5-14,19H2;2*1H. The van der Waals surface area contributed by atoms with E-state index in [0.717, 1.165) is 69.9 Å². The Kier molecular flexibility index (Phi) is 9.57. The molecule has 3 rings (SSSR count). The molecule has 25 heavy (non-hydrogen) atoms. The minimum absolute atomic E-state index is 0. The Morgan fingerprint density at radius 1 is 1.08 bits per heavy atom. The molecule has 0 saturated carbocycles. The summed E-state index contributed by atoms with van der Waals surface area (Å²) in [4.78, 5) is 17.0. The largest absolute Gasteiger partial charge is 0.399 e. The van der Waals surface area contributed by atoms with E-state index in [1.54, 1.807) is 0 Å². The lowest BCUT2D eigenvalue weighted by atomic mass is 10.1. The van der Waals surface area contributed by atoms with E-state index >= 15 is 0 Å². The van der Waals surface area contributed by atoms with Crippen LogP contribution >= 0.6 is 24.8 Å². The van der Waals surface area contributed by atoms with Crippen LogP contribution in [0.25, 0.3) is 0 Å². The highest BCUT2D eigenvalue weighted by atomic mass is 35.5. The molecule has 2 aliphatic rings. The van der Waals surface area contributed by atoms with Gasteiger partial charge in [0.05, 0.1) is 0 Å². The Labute approximate surface area is 162 Å². The summed E-state index contributed by atoms with van der Waals surface area (Å²) in [5.41, 5.74) is 7.80. The molecule has 1 aromatic carbocycles. The highest BCUT2D eigenvalue weighted by Crippen LogP contribution is 2.18. The number of carbonyl (C=O) groups is 1. The smallest absolute Gasteiger partial charge is 0.222 e. The van der Waals surface area contributed by atoms with E-state index in [4.69, 9.17) is 10.5 Å². The average Bonchev–Trinajstić information content (AvgIpc) is 2.62. The second-order valence-electron chi connectivity index (χ2n) is 6.46. The number of hydrogen-bond acceptors (Lipinski definition) is 4. The van der Waals surface area contributed by atoms with Crippen LogP contribution in [0.15, 0.2) is 24.3 Å². The van der Waals surface area contributed by atoms with Gasteiger partial charge in [-0.1, -0.05) is 18.2 Å². The van der Waals surface area contributed by atoms with E-state index in [1.807, 2.05) is 29.2 Å². The summed E-state index contributed by atoms with van der Waals surface area (Å²) in [6.45, 7) is 5.43. The number of hydrogen-bond donors (Lipinski definition) is 1. The first-order valence-corrected chi connectivity index (χ1v) is 8.67. The van der Waals surface area contributed by atoms with Crippen LogP contribution in [-0.2, 0) is 16.0 Å². The number of nitrogens with two attached hydrogens (primary N) is 1. The fraction of sp³-hybridized carbons (Fsp3) is 0.611. The van der Waals surface area contributed by atoms with E-state index in [0.29, 0.717) is 12.5 Å². The van der Waals surface area contributed by atoms with Crippen molar-refractivity contribution in [3.63, 3.8) is 0 Å². The molecule has 1 amide bonds. The lowest BCUT2D eigenvalue weighted by Gasteiger charge is -2.40. The van der Waals surface area contributed by atoms with Crippen LogP contribution in [0.2, 0.25) is 0 Å². The van der Waals surface area contributed by atoms with Crippen molar-refractivity contribution in [2.24, 2.45) is 0 Å². The maximum Gasteiger partial charge on any atom is 0.222 e. The zero-order valence-corrected chi connectivity index (χ0v) is 16.2. The van der Waals surface area contributed by atoms with Crippen molar-refractivity contribution in [2.75, 3.05) is 45.1 Å². The SMILES string of the molecule is Cl.Cl.Nc1ccccc1CCC(=O)N1CCN(C2CCOCC2)CC1. The summed E-state index contributed by atoms with van der Waals surface area (Å²) in [5.74, 6) is 0.250. The topological polar surface area (TPSA) is 58.8 Å². The van der Waals surface area contributed by atoms with Gasteiger partial charge in [-0.25, -0.2) is 0 Å². The van der Waals surface area contributed by atoms with E-state index in [2.05, 4.69) is 4.90 Å². The summed E-state index contributed by atoms with van der Waals surface area (Å²) in [5, 5.41) is 0. The monoisotopic (exact) mass is 389 g/mol. The van der Waals surface area contributed by atoms with Crippen LogP contribution in [-0.4, -0.2) is 61.1 Å². The van der Waals surface area contributed by atoms with Gasteiger partial charge >= 0.3 is 0 Å². The number of para-hydroxylation sites is 1. The first-order valence-electron chi connectivity index (χ1n) is 8.67. The maximum absolute atomic E-state index is 12.4. The molecule has 7 heteroatoms. The molecule has 5 nitrogen and oxygen atoms in total. The Bertz CT molecular complexity index is 531. The zero-order valence-electron chi connectivity index (χ0n) is 14.6. The highest BCUT2D eigenvalue weighted by Gasteiger charge is 2.27. The summed E-state index contributed by atoms with van der Waals surface area (Å²) in [6.07, 6.45) is 3.53. The number of piperazine rings is 1. The molecule has 2 saturated heterocycles. The summed E-state index contributed by atoms with van der Waals surface area (Å²) in [7, 11) is 0. The molecule has 0 spiro atoms. The second kappa shape index (κ2) is 10.9. The van der Waals surface area contributed by atoms with Gasteiger partial charge in [-0.2, -0.15) is 0 Å². The fourth-order valence-electron chi connectivity index (χ4n) is 3.55. The van der Waals surface area contributed by atoms with Gasteiger partial charge in [-0.05, 0) is 30.9 Å². The fourth-order valence-corrected chi connectivity index (χ4v) is 3.55. The number of aryl methyl sites for hydroxylation is 1. The van der Waals surface area contributed by atoms with Gasteiger partial charge in [0.15, 0.2) is 0 Å². The van der Waals surface area contributed by atoms with Crippen LogP contribution in [0.5, 0.6) is 0 Å². The van der Waals surface area contributed by atoms with Crippen LogP contribution in [0.1, 0.15) is 24.8 Å². The number of carbonyl (C=O) groups excluding carboxylic acids is 1. The third kappa shape index (κ3) is 6.03. The average molecular weight is 390 g/mol. The van der Waals surface area contributed by atoms with Crippen molar-refractivity contribution in [1.82, 2.24) is 9.80 Å². The molecule has 0 aromatic heterocycles. The molecular weight excluding hydrogens is 361 g/mol. The number of halogens is 2. The van der Waals surface area contributed by atoms with Crippen molar-refractivity contribution in [3.8, 4) is 0 Å². The number of ether oxygens (including phenoxy) is 1. The molecule has 2 aliphatic heterocycles. The predicted molar refractivity (Wildman–Crippen MR) is 106 cm³/mol. The quantitative estimate of drug-likeness (QED) is 0.802. The van der Waals surface area contributed by atoms with Crippen LogP contribution in [0.3, 0.4) is 0 Å². The van der Waals surface area contributed by atoms with Gasteiger partial charge in [0.2, 0.25) is 5.91 Å². The van der Waals surface area contributed by atoms with Gasteiger partial charge in [0.1, 0.15) is 0 Å². The van der Waals surface area contributed by atoms with Gasteiger partial charge in [0, 0.05) is 57.5 Å². The van der Waals surface area contributed by atoms with Crippen molar-refractivity contribution in [1.29, 1.82) is 0 Å². The van der Waals surface area contributed by atoms with Crippen LogP contribution in [0, 0.1) is 0 Å². The molecule has 0 aliphatic carbocycles. The van der Waals surface area contributed by atoms with Gasteiger partial charge < -0.3 is 15.4 Å². The molecule has 0 atom stereocenters. The third-order valence-corrected chi connectivity index (χ3v) is 5.04. The van der Waals surface area contributed by atoms with E-state index in [1.165, 1.54) is 0 Å². The van der Waals surface area contributed by atoms with Crippen molar-refractivity contribution < 1.29 is 9.53 Å². The van der Waals surface area contributed by atoms with Gasteiger partial charge in [-0.3, -0.25) is 9.69 Å². The number of benzene rings is 1. The Morgan fingerprint density at radius 3 is 2.36 bits per heavy atom. The lowest BCUT2D eigenvalue weighted by Crippen LogP contribution is -2.53. The van der Waals surface area contributed by atoms with Gasteiger partial charge in [-0.15, -0.1) is 24.8 Å². The van der Waals surface area contributed by atoms with Crippen molar-refractivity contribution in [2.45, 2.75) is 31.7 Å². The molecule has 0 radical (unpaired) electrons. The molecule has 0 bridgehead atoms. The van der Waals surface area contributed by atoms with Crippen molar-refractivity contribution in [3.05, 3.63) is 29.8 Å². The first-order chi connectivity index (χ1) is 11.2. The number of anilines is 1. The molecular formula is C18H29Cl2N3O2. The molecule has 0 unspecified atom stereocenters. The minimum atomic E-state index is 0. The number of amides is 1. The number of nitrogen functional groups attached to an aromatic ring is 1. The van der Waals surface area contributed by atoms with Crippen molar-refractivity contribution >= 4 is 36.4 Å². The Morgan fingerprint density at radius 2 is 1.72 bits per heavy atom. The second-order valence-corrected chi connectivity index (χ2v) is 6.46. The Balaban J connectivity index is 0.00000156. The maximum atomic E-state index is 12.4. The predicted octanol–water partition coefficient (Wildman–Crippen LogP) is 2.37. The number of nitrogens with zero attached hydrogens (tertiary/aromatic N) is 2. The van der Waals surface area contributed by atoms with Crippen LogP contribution in [0.4, 0.5) is 5.69 Å². The Hall–Kier alpha value is -1.01. The van der Waals surface area contributed by atoms with E-state index in [-0.39, 0.29) is 30.7 Å². The lowest BCUT2D eigenvalue weighted by molar-refractivity contribution is -0.133. The molecule has 1 aromatic rings. The summed E-state index contributed by atoms with van der Waals surface area (Å²) >= 11 is 0. The highest BCUT2D eigenvalue weighted by molar-refractivity contribution is 5.85. The van der Waals surface area contributed by atoms with Gasteiger partial charge in [0.25, 0.3) is 0 Å². The van der Waals surface area contributed by atoms with Crippen LogP contribution < -0.4 is 5.73 Å². The minimum Gasteiger partial charge on any atom is -0.399 e. The normalized spacial score (nSPS) is 19.0. The number of rotatable bonds is 4. The van der Waals surface area contributed by atoms with E-state index < -0.39 is 0 Å². The zero-order chi connectivity index (χ0) is 16.1. The molecule has 2 heterocycles. The molecule has 2 N–H and O–H groups in total. The summed E-state index contributed by atoms with van der Waals surface area (Å²) in [6, 6.07) is 8.45.